The first-order chi connectivity index (χ1) is 23.8. The lowest BCUT2D eigenvalue weighted by atomic mass is 10.1. The standard InChI is InChI=1S/C43H26N4S/c1-2-13-28(14-3-1)41-44-42(46-43(45-41)35-20-11-23-38-39(35)34-19-7-9-22-37(34)48-38)29-15-10-16-30(26-29)47-36-21-8-6-18-32(36)33-25-24-27-12-4-5-17-31(27)40(33)47/h1-26H. The third-order valence-corrected chi connectivity index (χ3v) is 10.4. The molecular formula is C43H26N4S. The van der Waals surface area contributed by atoms with Crippen LogP contribution in [-0.4, -0.2) is 19.5 Å². The van der Waals surface area contributed by atoms with Gasteiger partial charge in [0, 0.05) is 58.7 Å². The van der Waals surface area contributed by atoms with Gasteiger partial charge in [-0.3, -0.25) is 0 Å². The van der Waals surface area contributed by atoms with Crippen LogP contribution < -0.4 is 0 Å². The summed E-state index contributed by atoms with van der Waals surface area (Å²) in [7, 11) is 0. The lowest BCUT2D eigenvalue weighted by Crippen LogP contribution is -2.01. The van der Waals surface area contributed by atoms with Crippen molar-refractivity contribution >= 4 is 64.1 Å². The van der Waals surface area contributed by atoms with Crippen molar-refractivity contribution in [1.29, 1.82) is 0 Å². The Balaban J connectivity index is 1.23. The number of hydrogen-bond donors (Lipinski definition) is 0. The van der Waals surface area contributed by atoms with Gasteiger partial charge in [-0.25, -0.2) is 15.0 Å². The molecule has 224 valence electrons. The predicted octanol–water partition coefficient (Wildman–Crippen LogP) is 11.5. The Bertz CT molecular complexity index is 2850. The normalized spacial score (nSPS) is 11.8. The molecule has 3 heterocycles. The number of fused-ring (bicyclic) bond motifs is 8. The zero-order valence-electron chi connectivity index (χ0n) is 25.7. The van der Waals surface area contributed by atoms with Crippen molar-refractivity contribution in [1.82, 2.24) is 19.5 Å². The number of nitrogens with zero attached hydrogens (tertiary/aromatic N) is 4. The minimum absolute atomic E-state index is 0.642. The lowest BCUT2D eigenvalue weighted by Gasteiger charge is -2.13. The van der Waals surface area contributed by atoms with Crippen LogP contribution in [0.3, 0.4) is 0 Å². The molecule has 0 N–H and O–H groups in total. The van der Waals surface area contributed by atoms with E-state index in [9.17, 15) is 0 Å². The summed E-state index contributed by atoms with van der Waals surface area (Å²) < 4.78 is 4.86. The van der Waals surface area contributed by atoms with E-state index in [1.165, 1.54) is 52.8 Å². The summed E-state index contributed by atoms with van der Waals surface area (Å²) >= 11 is 1.80. The van der Waals surface area contributed by atoms with Gasteiger partial charge in [-0.15, -0.1) is 11.3 Å². The Labute approximate surface area is 280 Å². The number of thiophene rings is 1. The summed E-state index contributed by atoms with van der Waals surface area (Å²) in [5.74, 6) is 1.96. The molecule has 0 saturated heterocycles. The summed E-state index contributed by atoms with van der Waals surface area (Å²) in [5.41, 5.74) is 6.32. The molecule has 0 fully saturated rings. The first kappa shape index (κ1) is 27.0. The predicted molar refractivity (Wildman–Crippen MR) is 201 cm³/mol. The first-order valence-electron chi connectivity index (χ1n) is 16.0. The van der Waals surface area contributed by atoms with E-state index < -0.39 is 0 Å². The Morgan fingerprint density at radius 1 is 0.438 bits per heavy atom. The van der Waals surface area contributed by atoms with Crippen molar-refractivity contribution < 1.29 is 0 Å². The van der Waals surface area contributed by atoms with E-state index in [0.29, 0.717) is 17.5 Å². The summed E-state index contributed by atoms with van der Waals surface area (Å²) in [5, 5.41) is 7.31. The summed E-state index contributed by atoms with van der Waals surface area (Å²) in [4.78, 5) is 15.4. The molecule has 5 heteroatoms. The fourth-order valence-electron chi connectivity index (χ4n) is 7.09. The maximum Gasteiger partial charge on any atom is 0.164 e. The topological polar surface area (TPSA) is 43.6 Å². The zero-order valence-corrected chi connectivity index (χ0v) is 26.5. The maximum absolute atomic E-state index is 5.21. The molecule has 10 rings (SSSR count). The average molecular weight is 631 g/mol. The highest BCUT2D eigenvalue weighted by molar-refractivity contribution is 7.25. The van der Waals surface area contributed by atoms with Crippen LogP contribution in [0, 0.1) is 0 Å². The van der Waals surface area contributed by atoms with Crippen molar-refractivity contribution in [3.63, 3.8) is 0 Å². The molecule has 3 aromatic heterocycles. The van der Waals surface area contributed by atoms with E-state index in [1.807, 2.05) is 18.2 Å². The molecule has 0 aliphatic carbocycles. The minimum atomic E-state index is 0.642. The minimum Gasteiger partial charge on any atom is -0.309 e. The van der Waals surface area contributed by atoms with Crippen LogP contribution in [0.15, 0.2) is 158 Å². The highest BCUT2D eigenvalue weighted by Crippen LogP contribution is 2.40. The van der Waals surface area contributed by atoms with Gasteiger partial charge in [0.2, 0.25) is 0 Å². The molecule has 0 unspecified atom stereocenters. The SMILES string of the molecule is c1ccc(-c2nc(-c3cccc(-n4c5ccccc5c5ccc6ccccc6c54)c3)nc(-c3cccc4sc5ccccc5c34)n2)cc1. The largest absolute Gasteiger partial charge is 0.309 e. The maximum atomic E-state index is 5.21. The van der Waals surface area contributed by atoms with E-state index in [4.69, 9.17) is 15.0 Å². The van der Waals surface area contributed by atoms with E-state index in [2.05, 4.69) is 144 Å². The number of rotatable bonds is 4. The van der Waals surface area contributed by atoms with Crippen molar-refractivity contribution in [2.45, 2.75) is 0 Å². The van der Waals surface area contributed by atoms with Crippen molar-refractivity contribution in [2.75, 3.05) is 0 Å². The smallest absolute Gasteiger partial charge is 0.164 e. The molecule has 0 amide bonds. The number of para-hydroxylation sites is 1. The molecule has 0 bridgehead atoms. The lowest BCUT2D eigenvalue weighted by molar-refractivity contribution is 1.07. The molecular weight excluding hydrogens is 605 g/mol. The summed E-state index contributed by atoms with van der Waals surface area (Å²) in [6.07, 6.45) is 0. The van der Waals surface area contributed by atoms with Crippen LogP contribution in [-0.2, 0) is 0 Å². The van der Waals surface area contributed by atoms with Crippen LogP contribution >= 0.6 is 11.3 Å². The Morgan fingerprint density at radius 3 is 2.00 bits per heavy atom. The molecule has 0 aliphatic rings. The molecule has 0 aliphatic heterocycles. The molecule has 4 nitrogen and oxygen atoms in total. The molecule has 0 radical (unpaired) electrons. The molecule has 0 spiro atoms. The molecule has 0 atom stereocenters. The van der Waals surface area contributed by atoms with Crippen molar-refractivity contribution in [3.05, 3.63) is 158 Å². The van der Waals surface area contributed by atoms with E-state index >= 15 is 0 Å². The third kappa shape index (κ3) is 4.18. The van der Waals surface area contributed by atoms with Crippen LogP contribution in [0.1, 0.15) is 0 Å². The van der Waals surface area contributed by atoms with E-state index in [-0.39, 0.29) is 0 Å². The fraction of sp³-hybridized carbons (Fsp3) is 0. The number of hydrogen-bond acceptors (Lipinski definition) is 4. The van der Waals surface area contributed by atoms with Gasteiger partial charge in [0.15, 0.2) is 17.5 Å². The van der Waals surface area contributed by atoms with Gasteiger partial charge in [0.25, 0.3) is 0 Å². The Kier molecular flexibility index (Phi) is 6.01. The number of benzene rings is 7. The van der Waals surface area contributed by atoms with Gasteiger partial charge in [-0.05, 0) is 35.7 Å². The van der Waals surface area contributed by atoms with Gasteiger partial charge < -0.3 is 4.57 Å². The summed E-state index contributed by atoms with van der Waals surface area (Å²) in [6.45, 7) is 0. The van der Waals surface area contributed by atoms with Crippen LogP contribution in [0.5, 0.6) is 0 Å². The molecule has 10 aromatic rings. The Morgan fingerprint density at radius 2 is 1.10 bits per heavy atom. The molecule has 48 heavy (non-hydrogen) atoms. The zero-order chi connectivity index (χ0) is 31.6. The van der Waals surface area contributed by atoms with Crippen LogP contribution in [0.25, 0.3) is 92.6 Å². The van der Waals surface area contributed by atoms with Crippen molar-refractivity contribution in [3.8, 4) is 39.9 Å². The van der Waals surface area contributed by atoms with E-state index in [1.54, 1.807) is 11.3 Å². The first-order valence-corrected chi connectivity index (χ1v) is 16.9. The highest BCUT2D eigenvalue weighted by Gasteiger charge is 2.19. The van der Waals surface area contributed by atoms with Gasteiger partial charge >= 0.3 is 0 Å². The van der Waals surface area contributed by atoms with Crippen molar-refractivity contribution in [2.24, 2.45) is 0 Å². The average Bonchev–Trinajstić information content (AvgIpc) is 3.71. The van der Waals surface area contributed by atoms with Gasteiger partial charge in [0.05, 0.1) is 11.0 Å². The van der Waals surface area contributed by atoms with Crippen LogP contribution in [0.4, 0.5) is 0 Å². The summed E-state index contributed by atoms with van der Waals surface area (Å²) in [6, 6.07) is 55.5. The number of aromatic nitrogens is 4. The highest BCUT2D eigenvalue weighted by atomic mass is 32.1. The molecule has 0 saturated carbocycles. The second-order valence-electron chi connectivity index (χ2n) is 12.0. The second kappa shape index (κ2) is 10.7. The second-order valence-corrected chi connectivity index (χ2v) is 13.1. The van der Waals surface area contributed by atoms with Gasteiger partial charge in [-0.1, -0.05) is 127 Å². The third-order valence-electron chi connectivity index (χ3n) is 9.23. The van der Waals surface area contributed by atoms with Gasteiger partial charge in [0.1, 0.15) is 0 Å². The molecule has 7 aromatic carbocycles. The van der Waals surface area contributed by atoms with Gasteiger partial charge in [-0.2, -0.15) is 0 Å². The fourth-order valence-corrected chi connectivity index (χ4v) is 8.22. The van der Waals surface area contributed by atoms with Crippen LogP contribution in [0.2, 0.25) is 0 Å². The Hall–Kier alpha value is -6.17. The van der Waals surface area contributed by atoms with E-state index in [0.717, 1.165) is 22.4 Å². The quantitative estimate of drug-likeness (QED) is 0.194. The monoisotopic (exact) mass is 630 g/mol.